The summed E-state index contributed by atoms with van der Waals surface area (Å²) in [5.41, 5.74) is 0.978. The molecule has 0 spiro atoms. The molecule has 1 aliphatic heterocycles. The Hall–Kier alpha value is -2.00. The molecule has 0 fully saturated rings. The summed E-state index contributed by atoms with van der Waals surface area (Å²) >= 11 is 2.87. The molecular weight excluding hydrogens is 372 g/mol. The SMILES string of the molecule is CCCCNc1nnc(SCC(=O)NC(C)c2ccc3c(c2)OCO3)s1. The predicted octanol–water partition coefficient (Wildman–Crippen LogP) is 3.45. The second-order valence-corrected chi connectivity index (χ2v) is 8.04. The Labute approximate surface area is 160 Å². The molecule has 0 radical (unpaired) electrons. The summed E-state index contributed by atoms with van der Waals surface area (Å²) in [5.74, 6) is 1.71. The predicted molar refractivity (Wildman–Crippen MR) is 103 cm³/mol. The number of fused-ring (bicyclic) bond motifs is 1. The molecule has 0 aliphatic carbocycles. The number of hydrogen-bond donors (Lipinski definition) is 2. The van der Waals surface area contributed by atoms with Crippen LogP contribution in [0, 0.1) is 0 Å². The Morgan fingerprint density at radius 2 is 2.19 bits per heavy atom. The van der Waals surface area contributed by atoms with E-state index in [1.807, 2.05) is 25.1 Å². The molecule has 0 bridgehead atoms. The van der Waals surface area contributed by atoms with Crippen LogP contribution in [0.1, 0.15) is 38.3 Å². The van der Waals surface area contributed by atoms with E-state index in [1.165, 1.54) is 23.1 Å². The van der Waals surface area contributed by atoms with Crippen LogP contribution in [-0.4, -0.2) is 35.2 Å². The average molecular weight is 395 g/mol. The van der Waals surface area contributed by atoms with Gasteiger partial charge in [0.15, 0.2) is 15.8 Å². The first kappa shape index (κ1) is 18.8. The van der Waals surface area contributed by atoms with Crippen molar-refractivity contribution in [1.82, 2.24) is 15.5 Å². The summed E-state index contributed by atoms with van der Waals surface area (Å²) in [7, 11) is 0. The molecule has 1 aromatic heterocycles. The summed E-state index contributed by atoms with van der Waals surface area (Å²) in [5, 5.41) is 15.2. The second-order valence-electron chi connectivity index (χ2n) is 5.84. The Bertz CT molecular complexity index is 753. The third-order valence-electron chi connectivity index (χ3n) is 3.81. The van der Waals surface area contributed by atoms with Crippen molar-refractivity contribution in [2.45, 2.75) is 37.1 Å². The van der Waals surface area contributed by atoms with E-state index in [9.17, 15) is 4.79 Å². The fourth-order valence-corrected chi connectivity index (χ4v) is 3.98. The molecule has 2 heterocycles. The topological polar surface area (TPSA) is 85.4 Å². The van der Waals surface area contributed by atoms with E-state index < -0.39 is 0 Å². The van der Waals surface area contributed by atoms with Crippen LogP contribution in [-0.2, 0) is 4.79 Å². The van der Waals surface area contributed by atoms with Gasteiger partial charge >= 0.3 is 0 Å². The zero-order chi connectivity index (χ0) is 18.4. The van der Waals surface area contributed by atoms with E-state index >= 15 is 0 Å². The van der Waals surface area contributed by atoms with Gasteiger partial charge in [-0.15, -0.1) is 10.2 Å². The van der Waals surface area contributed by atoms with Gasteiger partial charge in [0, 0.05) is 6.54 Å². The highest BCUT2D eigenvalue weighted by molar-refractivity contribution is 8.01. The molecule has 2 N–H and O–H groups in total. The molecule has 1 atom stereocenters. The van der Waals surface area contributed by atoms with Crippen LogP contribution in [0.25, 0.3) is 0 Å². The molecule has 1 aromatic carbocycles. The van der Waals surface area contributed by atoms with Gasteiger partial charge < -0.3 is 20.1 Å². The van der Waals surface area contributed by atoms with E-state index in [2.05, 4.69) is 27.8 Å². The Kier molecular flexibility index (Phi) is 6.56. The quantitative estimate of drug-likeness (QED) is 0.498. The number of benzene rings is 1. The number of ether oxygens (including phenoxy) is 2. The number of nitrogens with one attached hydrogen (secondary N) is 2. The van der Waals surface area contributed by atoms with Gasteiger partial charge in [-0.1, -0.05) is 42.5 Å². The molecule has 1 amide bonds. The summed E-state index contributed by atoms with van der Waals surface area (Å²) in [6, 6.07) is 5.59. The normalized spacial score (nSPS) is 13.5. The van der Waals surface area contributed by atoms with Crippen LogP contribution < -0.4 is 20.1 Å². The van der Waals surface area contributed by atoms with Gasteiger partial charge in [-0.25, -0.2) is 0 Å². The largest absolute Gasteiger partial charge is 0.454 e. The minimum Gasteiger partial charge on any atom is -0.454 e. The number of anilines is 1. The van der Waals surface area contributed by atoms with Crippen molar-refractivity contribution in [2.24, 2.45) is 0 Å². The van der Waals surface area contributed by atoms with Crippen molar-refractivity contribution in [1.29, 1.82) is 0 Å². The Morgan fingerprint density at radius 3 is 3.04 bits per heavy atom. The number of carbonyl (C=O) groups is 1. The van der Waals surface area contributed by atoms with E-state index in [4.69, 9.17) is 9.47 Å². The lowest BCUT2D eigenvalue weighted by Crippen LogP contribution is -2.28. The van der Waals surface area contributed by atoms with E-state index in [0.717, 1.165) is 45.9 Å². The highest BCUT2D eigenvalue weighted by Crippen LogP contribution is 2.34. The van der Waals surface area contributed by atoms with Crippen LogP contribution in [0.4, 0.5) is 5.13 Å². The molecular formula is C17H22N4O3S2. The summed E-state index contributed by atoms with van der Waals surface area (Å²) < 4.78 is 11.5. The van der Waals surface area contributed by atoms with Crippen molar-refractivity contribution in [3.8, 4) is 11.5 Å². The lowest BCUT2D eigenvalue weighted by molar-refractivity contribution is -0.119. The maximum atomic E-state index is 12.2. The van der Waals surface area contributed by atoms with Crippen LogP contribution >= 0.6 is 23.1 Å². The van der Waals surface area contributed by atoms with E-state index in [0.29, 0.717) is 5.75 Å². The Morgan fingerprint density at radius 1 is 1.35 bits per heavy atom. The maximum absolute atomic E-state index is 12.2. The Balaban J connectivity index is 1.45. The van der Waals surface area contributed by atoms with E-state index in [1.54, 1.807) is 0 Å². The van der Waals surface area contributed by atoms with Gasteiger partial charge in [-0.2, -0.15) is 0 Å². The smallest absolute Gasteiger partial charge is 0.231 e. The van der Waals surface area contributed by atoms with Crippen molar-refractivity contribution in [3.63, 3.8) is 0 Å². The van der Waals surface area contributed by atoms with Crippen molar-refractivity contribution >= 4 is 34.1 Å². The van der Waals surface area contributed by atoms with Crippen LogP contribution in [0.5, 0.6) is 11.5 Å². The highest BCUT2D eigenvalue weighted by Gasteiger charge is 2.17. The zero-order valence-corrected chi connectivity index (χ0v) is 16.4. The number of unbranched alkanes of at least 4 members (excludes halogenated alkanes) is 1. The van der Waals surface area contributed by atoms with Gasteiger partial charge in [0.25, 0.3) is 0 Å². The summed E-state index contributed by atoms with van der Waals surface area (Å²) in [6.45, 7) is 5.23. The number of aromatic nitrogens is 2. The molecule has 0 saturated heterocycles. The monoisotopic (exact) mass is 394 g/mol. The van der Waals surface area contributed by atoms with Gasteiger partial charge in [0.1, 0.15) is 0 Å². The molecule has 1 unspecified atom stereocenters. The van der Waals surface area contributed by atoms with Crippen LogP contribution in [0.15, 0.2) is 22.5 Å². The van der Waals surface area contributed by atoms with Crippen molar-refractivity contribution in [2.75, 3.05) is 24.4 Å². The molecule has 9 heteroatoms. The van der Waals surface area contributed by atoms with Crippen molar-refractivity contribution < 1.29 is 14.3 Å². The van der Waals surface area contributed by atoms with Gasteiger partial charge in [-0.3, -0.25) is 4.79 Å². The highest BCUT2D eigenvalue weighted by atomic mass is 32.2. The first-order chi connectivity index (χ1) is 12.7. The third-order valence-corrected chi connectivity index (χ3v) is 5.83. The molecule has 26 heavy (non-hydrogen) atoms. The number of rotatable bonds is 9. The first-order valence-corrected chi connectivity index (χ1v) is 10.3. The number of nitrogens with zero attached hydrogens (tertiary/aromatic N) is 2. The summed E-state index contributed by atoms with van der Waals surface area (Å²) in [6.07, 6.45) is 2.23. The minimum absolute atomic E-state index is 0.0455. The summed E-state index contributed by atoms with van der Waals surface area (Å²) in [4.78, 5) is 12.2. The first-order valence-electron chi connectivity index (χ1n) is 8.54. The molecule has 140 valence electrons. The average Bonchev–Trinajstić information content (AvgIpc) is 3.28. The molecule has 0 saturated carbocycles. The van der Waals surface area contributed by atoms with Crippen LogP contribution in [0.3, 0.4) is 0 Å². The maximum Gasteiger partial charge on any atom is 0.231 e. The minimum atomic E-state index is -0.113. The second kappa shape index (κ2) is 9.09. The lowest BCUT2D eigenvalue weighted by Gasteiger charge is -2.14. The zero-order valence-electron chi connectivity index (χ0n) is 14.8. The molecule has 3 rings (SSSR count). The number of carbonyl (C=O) groups excluding carboxylic acids is 1. The standard InChI is InChI=1S/C17H22N4O3S2/c1-3-4-7-18-16-20-21-17(26-16)25-9-15(22)19-11(2)12-5-6-13-14(8-12)24-10-23-13/h5-6,8,11H,3-4,7,9-10H2,1-2H3,(H,18,20)(H,19,22). The van der Waals surface area contributed by atoms with Gasteiger partial charge in [0.2, 0.25) is 17.8 Å². The fraction of sp³-hybridized carbons (Fsp3) is 0.471. The number of hydrogen-bond acceptors (Lipinski definition) is 8. The molecule has 1 aliphatic rings. The fourth-order valence-electron chi connectivity index (χ4n) is 2.39. The van der Waals surface area contributed by atoms with Crippen molar-refractivity contribution in [3.05, 3.63) is 23.8 Å². The number of amides is 1. The number of thioether (sulfide) groups is 1. The van der Waals surface area contributed by atoms with Gasteiger partial charge in [-0.05, 0) is 31.0 Å². The van der Waals surface area contributed by atoms with Crippen LogP contribution in [0.2, 0.25) is 0 Å². The molecule has 2 aromatic rings. The lowest BCUT2D eigenvalue weighted by atomic mass is 10.1. The third kappa shape index (κ3) is 5.01. The van der Waals surface area contributed by atoms with E-state index in [-0.39, 0.29) is 18.7 Å². The van der Waals surface area contributed by atoms with Gasteiger partial charge in [0.05, 0.1) is 11.8 Å². The molecule has 7 nitrogen and oxygen atoms in total.